The van der Waals surface area contributed by atoms with Crippen molar-refractivity contribution >= 4 is 23.8 Å². The van der Waals surface area contributed by atoms with Gasteiger partial charge in [-0.2, -0.15) is 0 Å². The highest BCUT2D eigenvalue weighted by Crippen LogP contribution is 2.28. The molecule has 0 amide bonds. The van der Waals surface area contributed by atoms with E-state index < -0.39 is 18.0 Å². The summed E-state index contributed by atoms with van der Waals surface area (Å²) in [6.45, 7) is 1.23. The van der Waals surface area contributed by atoms with E-state index in [4.69, 9.17) is 4.74 Å². The van der Waals surface area contributed by atoms with Crippen molar-refractivity contribution in [3.63, 3.8) is 0 Å². The van der Waals surface area contributed by atoms with Gasteiger partial charge in [-0.3, -0.25) is 4.79 Å². The normalized spacial score (nSPS) is 12.0. The van der Waals surface area contributed by atoms with Crippen molar-refractivity contribution in [3.8, 4) is 11.5 Å². The minimum absolute atomic E-state index is 0.195. The van der Waals surface area contributed by atoms with Crippen molar-refractivity contribution in [2.75, 3.05) is 7.11 Å². The number of Topliss-reactive ketones (excluding diaryl/α,β-unsaturated/α-hetero) is 1. The molecule has 7 heteroatoms. The lowest BCUT2D eigenvalue weighted by Crippen LogP contribution is -2.27. The van der Waals surface area contributed by atoms with Gasteiger partial charge in [-0.15, -0.1) is 0 Å². The van der Waals surface area contributed by atoms with E-state index in [1.54, 1.807) is 0 Å². The van der Waals surface area contributed by atoms with Crippen molar-refractivity contribution < 1.29 is 34.1 Å². The highest BCUT2D eigenvalue weighted by atomic mass is 16.6. The van der Waals surface area contributed by atoms with Crippen LogP contribution in [0.15, 0.2) is 24.3 Å². The van der Waals surface area contributed by atoms with Crippen molar-refractivity contribution in [2.24, 2.45) is 0 Å². The summed E-state index contributed by atoms with van der Waals surface area (Å²) in [5.41, 5.74) is 0.465. The first-order valence-corrected chi connectivity index (χ1v) is 6.31. The lowest BCUT2D eigenvalue weighted by molar-refractivity contribution is -0.146. The Morgan fingerprint density at radius 2 is 2.00 bits per heavy atom. The number of carbonyl (C=O) groups excluding carboxylic acids is 3. The van der Waals surface area contributed by atoms with Gasteiger partial charge in [0, 0.05) is 12.5 Å². The molecule has 1 aromatic rings. The second-order valence-electron chi connectivity index (χ2n) is 4.43. The number of aliphatic hydroxyl groups is 1. The largest absolute Gasteiger partial charge is 0.504 e. The van der Waals surface area contributed by atoms with E-state index in [-0.39, 0.29) is 23.7 Å². The summed E-state index contributed by atoms with van der Waals surface area (Å²) in [5.74, 6) is -2.51. The van der Waals surface area contributed by atoms with Gasteiger partial charge >= 0.3 is 11.9 Å². The van der Waals surface area contributed by atoms with E-state index in [0.29, 0.717) is 5.56 Å². The zero-order chi connectivity index (χ0) is 16.7. The average Bonchev–Trinajstić information content (AvgIpc) is 2.46. The minimum atomic E-state index is -1.61. The van der Waals surface area contributed by atoms with Gasteiger partial charge in [0.25, 0.3) is 0 Å². The smallest absolute Gasteiger partial charge is 0.340 e. The fourth-order valence-electron chi connectivity index (χ4n) is 1.48. The van der Waals surface area contributed by atoms with Crippen LogP contribution >= 0.6 is 0 Å². The number of carbonyl (C=O) groups is 3. The van der Waals surface area contributed by atoms with Gasteiger partial charge in [0.2, 0.25) is 0 Å². The number of benzene rings is 1. The first-order valence-electron chi connectivity index (χ1n) is 6.31. The fourth-order valence-corrected chi connectivity index (χ4v) is 1.48. The van der Waals surface area contributed by atoms with Crippen molar-refractivity contribution in [2.45, 2.75) is 19.4 Å². The van der Waals surface area contributed by atoms with Crippen LogP contribution in [0.1, 0.15) is 18.9 Å². The van der Waals surface area contributed by atoms with Gasteiger partial charge in [0.1, 0.15) is 5.78 Å². The molecule has 1 aromatic carbocycles. The van der Waals surface area contributed by atoms with Crippen molar-refractivity contribution in [3.05, 3.63) is 29.8 Å². The third kappa shape index (κ3) is 5.37. The molecule has 1 atom stereocenters. The van der Waals surface area contributed by atoms with E-state index in [0.717, 1.165) is 6.08 Å². The molecular formula is C15H16O7. The first-order chi connectivity index (χ1) is 10.3. The van der Waals surface area contributed by atoms with Crippen LogP contribution in [0.25, 0.3) is 6.08 Å². The summed E-state index contributed by atoms with van der Waals surface area (Å²) >= 11 is 0. The number of ether oxygens (including phenoxy) is 2. The molecule has 0 saturated carbocycles. The van der Waals surface area contributed by atoms with E-state index in [2.05, 4.69) is 4.74 Å². The standard InChI is InChI=1S/C15H16O7/c1-9(16)7-12(18)15(20)22-13-8-10(3-5-11(13)17)4-6-14(19)21-2/h3-6,8,12,17-18H,7H2,1-2H3/b6-4+. The summed E-state index contributed by atoms with van der Waals surface area (Å²) in [5, 5.41) is 19.1. The Morgan fingerprint density at radius 3 is 2.59 bits per heavy atom. The Hall–Kier alpha value is -2.67. The molecular weight excluding hydrogens is 292 g/mol. The van der Waals surface area contributed by atoms with E-state index >= 15 is 0 Å². The number of phenolic OH excluding ortho intramolecular Hbond substituents is 1. The van der Waals surface area contributed by atoms with Crippen LogP contribution in [-0.4, -0.2) is 41.1 Å². The Balaban J connectivity index is 2.86. The molecule has 118 valence electrons. The molecule has 0 aromatic heterocycles. The number of phenols is 1. The third-order valence-corrected chi connectivity index (χ3v) is 2.56. The summed E-state index contributed by atoms with van der Waals surface area (Å²) in [7, 11) is 1.23. The van der Waals surface area contributed by atoms with Crippen molar-refractivity contribution in [1.29, 1.82) is 0 Å². The van der Waals surface area contributed by atoms with Crippen LogP contribution in [0.5, 0.6) is 11.5 Å². The predicted octanol–water partition coefficient (Wildman–Crippen LogP) is 0.824. The average molecular weight is 308 g/mol. The van der Waals surface area contributed by atoms with E-state index in [1.165, 1.54) is 38.3 Å². The van der Waals surface area contributed by atoms with Gasteiger partial charge in [-0.05, 0) is 30.7 Å². The van der Waals surface area contributed by atoms with Crippen LogP contribution in [0.2, 0.25) is 0 Å². The maximum atomic E-state index is 11.6. The van der Waals surface area contributed by atoms with Gasteiger partial charge in [0.15, 0.2) is 17.6 Å². The SMILES string of the molecule is COC(=O)/C=C/c1ccc(O)c(OC(=O)C(O)CC(C)=O)c1. The maximum Gasteiger partial charge on any atom is 0.340 e. The van der Waals surface area contributed by atoms with Crippen LogP contribution in [-0.2, 0) is 19.1 Å². The number of aromatic hydroxyl groups is 1. The maximum absolute atomic E-state index is 11.6. The molecule has 0 saturated heterocycles. The topological polar surface area (TPSA) is 110 Å². The highest BCUT2D eigenvalue weighted by molar-refractivity contribution is 5.87. The van der Waals surface area contributed by atoms with E-state index in [1.807, 2.05) is 0 Å². The van der Waals surface area contributed by atoms with E-state index in [9.17, 15) is 24.6 Å². The number of esters is 2. The molecule has 0 spiro atoms. The number of hydrogen-bond acceptors (Lipinski definition) is 7. The van der Waals surface area contributed by atoms with Gasteiger partial charge in [-0.25, -0.2) is 9.59 Å². The lowest BCUT2D eigenvalue weighted by atomic mass is 10.2. The monoisotopic (exact) mass is 308 g/mol. The summed E-state index contributed by atoms with van der Waals surface area (Å²) in [6, 6.07) is 4.04. The van der Waals surface area contributed by atoms with Crippen LogP contribution in [0, 0.1) is 0 Å². The molecule has 0 bridgehead atoms. The first kappa shape index (κ1) is 17.4. The van der Waals surface area contributed by atoms with Crippen LogP contribution in [0.3, 0.4) is 0 Å². The Bertz CT molecular complexity index is 604. The van der Waals surface area contributed by atoms with Crippen LogP contribution in [0.4, 0.5) is 0 Å². The summed E-state index contributed by atoms with van der Waals surface area (Å²) < 4.78 is 9.27. The molecule has 1 unspecified atom stereocenters. The number of hydrogen-bond donors (Lipinski definition) is 2. The van der Waals surface area contributed by atoms with Gasteiger partial charge in [-0.1, -0.05) is 6.07 Å². The molecule has 0 aliphatic heterocycles. The Kier molecular flexibility index (Phi) is 6.27. The molecule has 1 rings (SSSR count). The van der Waals surface area contributed by atoms with Crippen LogP contribution < -0.4 is 4.74 Å². The number of aliphatic hydroxyl groups excluding tert-OH is 1. The lowest BCUT2D eigenvalue weighted by Gasteiger charge is -2.10. The van der Waals surface area contributed by atoms with Gasteiger partial charge in [0.05, 0.1) is 7.11 Å². The Morgan fingerprint density at radius 1 is 1.32 bits per heavy atom. The summed E-state index contributed by atoms with van der Waals surface area (Å²) in [6.07, 6.45) is 0.574. The molecule has 0 radical (unpaired) electrons. The Labute approximate surface area is 126 Å². The second-order valence-corrected chi connectivity index (χ2v) is 4.43. The number of ketones is 1. The highest BCUT2D eigenvalue weighted by Gasteiger charge is 2.20. The molecule has 2 N–H and O–H groups in total. The fraction of sp³-hybridized carbons (Fsp3) is 0.267. The molecule has 7 nitrogen and oxygen atoms in total. The zero-order valence-corrected chi connectivity index (χ0v) is 12.1. The molecule has 0 heterocycles. The molecule has 0 aliphatic carbocycles. The number of rotatable bonds is 6. The van der Waals surface area contributed by atoms with Gasteiger partial charge < -0.3 is 19.7 Å². The second kappa shape index (κ2) is 7.94. The quantitative estimate of drug-likeness (QED) is 0.455. The predicted molar refractivity (Wildman–Crippen MR) is 76.1 cm³/mol. The third-order valence-electron chi connectivity index (χ3n) is 2.56. The number of methoxy groups -OCH3 is 1. The van der Waals surface area contributed by atoms with Crippen molar-refractivity contribution in [1.82, 2.24) is 0 Å². The molecule has 22 heavy (non-hydrogen) atoms. The molecule has 0 aliphatic rings. The zero-order valence-electron chi connectivity index (χ0n) is 12.1. The summed E-state index contributed by atoms with van der Waals surface area (Å²) in [4.78, 5) is 33.4. The minimum Gasteiger partial charge on any atom is -0.504 e. The molecule has 0 fully saturated rings.